The van der Waals surface area contributed by atoms with Crippen molar-refractivity contribution in [2.45, 2.75) is 120 Å². The molecule has 0 fully saturated rings. The van der Waals surface area contributed by atoms with E-state index in [-0.39, 0.29) is 0 Å². The first-order valence-corrected chi connectivity index (χ1v) is 16.0. The molecule has 3 nitrogen and oxygen atoms in total. The van der Waals surface area contributed by atoms with E-state index in [1.54, 1.807) is 13.3 Å². The molecule has 3 heteroatoms. The molecule has 0 spiro atoms. The van der Waals surface area contributed by atoms with Gasteiger partial charge in [0.05, 0.1) is 0 Å². The van der Waals surface area contributed by atoms with Crippen molar-refractivity contribution in [3.63, 3.8) is 0 Å². The van der Waals surface area contributed by atoms with Crippen LogP contribution in [-0.4, -0.2) is 33.9 Å². The third kappa shape index (κ3) is 93.2. The van der Waals surface area contributed by atoms with Crippen LogP contribution in [0.1, 0.15) is 119 Å². The van der Waals surface area contributed by atoms with E-state index in [4.69, 9.17) is 4.74 Å². The Morgan fingerprint density at radius 1 is 0.829 bits per heavy atom. The van der Waals surface area contributed by atoms with Crippen LogP contribution in [-0.2, 0) is 11.2 Å². The molecule has 0 bridgehead atoms. The fraction of sp³-hybridized carbons (Fsp3) is 0.632. The largest absolute Gasteiger partial charge is 0.391 e. The minimum atomic E-state index is 0.780. The van der Waals surface area contributed by atoms with Crippen LogP contribution in [0.15, 0.2) is 68.4 Å². The zero-order chi connectivity index (χ0) is 33.4. The van der Waals surface area contributed by atoms with Gasteiger partial charge in [0.2, 0.25) is 0 Å². The monoisotopic (exact) mass is 577 g/mol. The molecule has 0 unspecified atom stereocenters. The molecule has 0 radical (unpaired) electrons. The Morgan fingerprint density at radius 2 is 1.37 bits per heavy atom. The van der Waals surface area contributed by atoms with Gasteiger partial charge in [-0.25, -0.2) is 0 Å². The van der Waals surface area contributed by atoms with Crippen LogP contribution >= 0.6 is 0 Å². The lowest BCUT2D eigenvalue weighted by atomic mass is 10.1. The SMILES string of the molecule is C#C.C=CCC(C)C.C=CCCCCC.C=CNCCCCCOC.CC.CC.CCNC.CCc1ccccc1. The predicted octanol–water partition coefficient (Wildman–Crippen LogP) is 11.3. The second kappa shape index (κ2) is 71.2. The second-order valence-corrected chi connectivity index (χ2v) is 8.46. The Labute approximate surface area is 261 Å². The van der Waals surface area contributed by atoms with Gasteiger partial charge < -0.3 is 15.4 Å². The molecule has 0 aliphatic carbocycles. The van der Waals surface area contributed by atoms with Crippen molar-refractivity contribution in [3.8, 4) is 12.8 Å². The molecule has 0 aliphatic heterocycles. The van der Waals surface area contributed by atoms with Crippen LogP contribution in [0.25, 0.3) is 0 Å². The van der Waals surface area contributed by atoms with Crippen molar-refractivity contribution in [1.82, 2.24) is 10.6 Å². The van der Waals surface area contributed by atoms with Crippen molar-refractivity contribution in [1.29, 1.82) is 0 Å². The van der Waals surface area contributed by atoms with Crippen molar-refractivity contribution < 1.29 is 4.74 Å². The highest BCUT2D eigenvalue weighted by Gasteiger charge is 1.86. The van der Waals surface area contributed by atoms with Crippen LogP contribution in [0, 0.1) is 18.8 Å². The van der Waals surface area contributed by atoms with Crippen LogP contribution in [0.3, 0.4) is 0 Å². The summed E-state index contributed by atoms with van der Waals surface area (Å²) in [5, 5.41) is 5.98. The van der Waals surface area contributed by atoms with E-state index in [1.165, 1.54) is 44.1 Å². The van der Waals surface area contributed by atoms with Gasteiger partial charge in [-0.3, -0.25) is 0 Å². The van der Waals surface area contributed by atoms with Crippen molar-refractivity contribution >= 4 is 0 Å². The maximum absolute atomic E-state index is 4.91. The first kappa shape index (κ1) is 54.8. The van der Waals surface area contributed by atoms with Crippen LogP contribution in [0.5, 0.6) is 0 Å². The van der Waals surface area contributed by atoms with Crippen LogP contribution in [0.4, 0.5) is 0 Å². The molecule has 0 aliphatic rings. The second-order valence-electron chi connectivity index (χ2n) is 8.46. The van der Waals surface area contributed by atoms with Gasteiger partial charge in [0.15, 0.2) is 0 Å². The molecule has 41 heavy (non-hydrogen) atoms. The average molecular weight is 577 g/mol. The molecule has 0 amide bonds. The van der Waals surface area contributed by atoms with Gasteiger partial charge in [-0.15, -0.1) is 26.0 Å². The Hall–Kier alpha value is -2.28. The number of unbranched alkanes of at least 4 members (excludes halogenated alkanes) is 5. The summed E-state index contributed by atoms with van der Waals surface area (Å²) in [6.45, 7) is 32.6. The highest BCUT2D eigenvalue weighted by molar-refractivity contribution is 5.13. The Balaban J connectivity index is -0.0000000687. The van der Waals surface area contributed by atoms with E-state index in [0.717, 1.165) is 44.9 Å². The quantitative estimate of drug-likeness (QED) is 0.124. The smallest absolute Gasteiger partial charge is 0.0462 e. The van der Waals surface area contributed by atoms with E-state index in [1.807, 2.05) is 53.0 Å². The molecule has 0 saturated heterocycles. The number of rotatable bonds is 15. The van der Waals surface area contributed by atoms with Gasteiger partial charge in [-0.2, -0.15) is 0 Å². The van der Waals surface area contributed by atoms with Crippen LogP contribution < -0.4 is 10.6 Å². The summed E-state index contributed by atoms with van der Waals surface area (Å²) in [5.74, 6) is 0.780. The number of nitrogens with one attached hydrogen (secondary N) is 2. The summed E-state index contributed by atoms with van der Waals surface area (Å²) in [6.07, 6.45) is 24.7. The summed E-state index contributed by atoms with van der Waals surface area (Å²) in [4.78, 5) is 0. The molecule has 244 valence electrons. The first-order chi connectivity index (χ1) is 19.9. The number of ether oxygens (including phenoxy) is 1. The lowest BCUT2D eigenvalue weighted by molar-refractivity contribution is 0.192. The number of aryl methyl sites for hydroxylation is 1. The minimum absolute atomic E-state index is 0.780. The predicted molar refractivity (Wildman–Crippen MR) is 196 cm³/mol. The number of methoxy groups -OCH3 is 1. The van der Waals surface area contributed by atoms with E-state index < -0.39 is 0 Å². The number of allylic oxidation sites excluding steroid dienone is 2. The van der Waals surface area contributed by atoms with Gasteiger partial charge in [0, 0.05) is 20.3 Å². The topological polar surface area (TPSA) is 33.3 Å². The van der Waals surface area contributed by atoms with Crippen molar-refractivity contribution in [3.05, 3.63) is 74.0 Å². The Kier molecular flexibility index (Phi) is 95.1. The van der Waals surface area contributed by atoms with Gasteiger partial charge in [0.25, 0.3) is 0 Å². The fourth-order valence-corrected chi connectivity index (χ4v) is 2.34. The molecule has 2 N–H and O–H groups in total. The number of hydrogen-bond donors (Lipinski definition) is 2. The third-order valence-electron chi connectivity index (χ3n) is 4.57. The minimum Gasteiger partial charge on any atom is -0.391 e. The molecule has 1 aromatic carbocycles. The summed E-state index contributed by atoms with van der Waals surface area (Å²) in [5.41, 5.74) is 1.41. The zero-order valence-corrected chi connectivity index (χ0v) is 29.9. The van der Waals surface area contributed by atoms with E-state index in [9.17, 15) is 0 Å². The van der Waals surface area contributed by atoms with Crippen molar-refractivity contribution in [2.24, 2.45) is 5.92 Å². The summed E-state index contributed by atoms with van der Waals surface area (Å²) in [6, 6.07) is 10.5. The fourth-order valence-electron chi connectivity index (χ4n) is 2.34. The van der Waals surface area contributed by atoms with Gasteiger partial charge >= 0.3 is 0 Å². The van der Waals surface area contributed by atoms with Gasteiger partial charge in [0.1, 0.15) is 0 Å². The highest BCUT2D eigenvalue weighted by atomic mass is 16.5. The van der Waals surface area contributed by atoms with Gasteiger partial charge in [-0.05, 0) is 76.2 Å². The highest BCUT2D eigenvalue weighted by Crippen LogP contribution is 1.98. The first-order valence-electron chi connectivity index (χ1n) is 16.0. The molecule has 0 saturated carbocycles. The lowest BCUT2D eigenvalue weighted by Crippen LogP contribution is -2.05. The summed E-state index contributed by atoms with van der Waals surface area (Å²) >= 11 is 0. The van der Waals surface area contributed by atoms with Crippen LogP contribution in [0.2, 0.25) is 0 Å². The van der Waals surface area contributed by atoms with E-state index >= 15 is 0 Å². The molecule has 0 heterocycles. The zero-order valence-electron chi connectivity index (χ0n) is 29.9. The molecular weight excluding hydrogens is 500 g/mol. The maximum atomic E-state index is 4.91. The number of hydrogen-bond acceptors (Lipinski definition) is 3. The molecule has 0 atom stereocenters. The summed E-state index contributed by atoms with van der Waals surface area (Å²) < 4.78 is 4.91. The Morgan fingerprint density at radius 3 is 1.66 bits per heavy atom. The van der Waals surface area contributed by atoms with Crippen molar-refractivity contribution in [2.75, 3.05) is 33.9 Å². The van der Waals surface area contributed by atoms with E-state index in [2.05, 4.69) is 102 Å². The lowest BCUT2D eigenvalue weighted by Gasteiger charge is -1.99. The summed E-state index contributed by atoms with van der Waals surface area (Å²) in [7, 11) is 3.67. The maximum Gasteiger partial charge on any atom is 0.0462 e. The average Bonchev–Trinajstić information content (AvgIpc) is 3.03. The molecule has 1 rings (SSSR count). The molecular formula is C38H76N2O. The third-order valence-corrected chi connectivity index (χ3v) is 4.57. The normalized spacial score (nSPS) is 7.95. The number of benzene rings is 1. The standard InChI is InChI=1S/C8H17NO.C8H10.C7H14.C6H12.C3H9N.2C2H6.C2H2/c1-3-9-7-5-4-6-8-10-2;1-2-8-6-4-3-5-7-8;1-3-5-7-6-4-2;1-4-5-6(2)3;1-3-4-2;3*1-2/h3,9H,1,4-8H2,2H3;3-7H,2H2,1H3;3H,1,4-7H2,2H3;4,6H,1,5H2,2-3H3;4H,3H2,1-2H3;2*1-2H3;1-2H. The number of terminal acetylenes is 1. The Bertz CT molecular complexity index is 522. The molecule has 0 aromatic heterocycles. The van der Waals surface area contributed by atoms with Gasteiger partial charge in [-0.1, -0.05) is 124 Å². The molecule has 1 aromatic rings. The van der Waals surface area contributed by atoms with E-state index in [0.29, 0.717) is 0 Å².